The van der Waals surface area contributed by atoms with Gasteiger partial charge < -0.3 is 5.32 Å². The number of hydrogen-bond acceptors (Lipinski definition) is 1. The lowest BCUT2D eigenvalue weighted by Crippen LogP contribution is -1.99. The maximum Gasteiger partial charge on any atom is 0.0543 e. The second-order valence-electron chi connectivity index (χ2n) is 11.4. The van der Waals surface area contributed by atoms with Crippen molar-refractivity contribution in [1.29, 1.82) is 0 Å². The Hall–Kier alpha value is -5.92. The minimum absolute atomic E-state index is 1.11. The largest absolute Gasteiger partial charge is 0.353 e. The smallest absolute Gasteiger partial charge is 0.0543 e. The molecule has 8 aromatic rings. The van der Waals surface area contributed by atoms with Crippen LogP contribution in [-0.4, -0.2) is 0 Å². The lowest BCUT2D eigenvalue weighted by atomic mass is 9.94. The second-order valence-corrected chi connectivity index (χ2v) is 11.4. The Balaban J connectivity index is 1.28. The molecule has 212 valence electrons. The van der Waals surface area contributed by atoms with Gasteiger partial charge in [-0.25, -0.2) is 0 Å². The van der Waals surface area contributed by atoms with E-state index >= 15 is 0 Å². The zero-order valence-electron chi connectivity index (χ0n) is 24.8. The molecule has 8 aromatic carbocycles. The maximum absolute atomic E-state index is 4.02. The van der Waals surface area contributed by atoms with Crippen LogP contribution in [0.1, 0.15) is 0 Å². The molecule has 1 heteroatoms. The zero-order valence-corrected chi connectivity index (χ0v) is 24.8. The van der Waals surface area contributed by atoms with Crippen LogP contribution in [0.25, 0.3) is 66.1 Å². The van der Waals surface area contributed by atoms with Crippen molar-refractivity contribution in [1.82, 2.24) is 0 Å². The van der Waals surface area contributed by atoms with Gasteiger partial charge >= 0.3 is 0 Å². The Bertz CT molecular complexity index is 2080. The molecule has 0 saturated heterocycles. The summed E-state index contributed by atoms with van der Waals surface area (Å²) in [5, 5.41) is 8.82. The first-order valence-corrected chi connectivity index (χ1v) is 15.4. The van der Waals surface area contributed by atoms with Gasteiger partial charge in [-0.3, -0.25) is 0 Å². The van der Waals surface area contributed by atoms with Crippen molar-refractivity contribution in [2.45, 2.75) is 0 Å². The SMILES string of the molecule is c1ccc(-c2ccc(-c3ccc4ccccc4c3Nc3c(-c4ccc(-c5ccccc5)cc4)ccc4ccccc34)cc2)cc1. The molecule has 0 heterocycles. The molecule has 1 nitrogen and oxygen atoms in total. The lowest BCUT2D eigenvalue weighted by Gasteiger charge is -2.20. The van der Waals surface area contributed by atoms with Crippen LogP contribution in [0.2, 0.25) is 0 Å². The third kappa shape index (κ3) is 5.15. The van der Waals surface area contributed by atoms with E-state index in [1.807, 2.05) is 0 Å². The summed E-state index contributed by atoms with van der Waals surface area (Å²) in [4.78, 5) is 0. The van der Waals surface area contributed by atoms with Crippen molar-refractivity contribution in [3.63, 3.8) is 0 Å². The Morgan fingerprint density at radius 1 is 0.244 bits per heavy atom. The lowest BCUT2D eigenvalue weighted by molar-refractivity contribution is 1.55. The van der Waals surface area contributed by atoms with Crippen molar-refractivity contribution in [3.05, 3.63) is 182 Å². The molecule has 8 rings (SSSR count). The number of anilines is 2. The van der Waals surface area contributed by atoms with E-state index in [1.54, 1.807) is 0 Å². The molecule has 0 bridgehead atoms. The van der Waals surface area contributed by atoms with Crippen LogP contribution in [-0.2, 0) is 0 Å². The summed E-state index contributed by atoms with van der Waals surface area (Å²) >= 11 is 0. The highest BCUT2D eigenvalue weighted by molar-refractivity contribution is 6.09. The van der Waals surface area contributed by atoms with Crippen LogP contribution in [0.4, 0.5) is 11.4 Å². The third-order valence-corrected chi connectivity index (χ3v) is 8.71. The molecule has 0 aliphatic rings. The maximum atomic E-state index is 4.02. The molecule has 0 unspecified atom stereocenters. The van der Waals surface area contributed by atoms with Gasteiger partial charge in [0, 0.05) is 21.9 Å². The van der Waals surface area contributed by atoms with Crippen molar-refractivity contribution >= 4 is 32.9 Å². The predicted molar refractivity (Wildman–Crippen MR) is 193 cm³/mol. The van der Waals surface area contributed by atoms with Gasteiger partial charge in [0.1, 0.15) is 0 Å². The van der Waals surface area contributed by atoms with Gasteiger partial charge in [0.15, 0.2) is 0 Å². The number of benzene rings is 8. The number of fused-ring (bicyclic) bond motifs is 2. The summed E-state index contributed by atoms with van der Waals surface area (Å²) < 4.78 is 0. The fourth-order valence-electron chi connectivity index (χ4n) is 6.36. The highest BCUT2D eigenvalue weighted by Gasteiger charge is 2.16. The molecule has 1 N–H and O–H groups in total. The van der Waals surface area contributed by atoms with E-state index in [9.17, 15) is 0 Å². The average molecular weight is 574 g/mol. The Morgan fingerprint density at radius 3 is 1.00 bits per heavy atom. The number of nitrogens with one attached hydrogen (secondary N) is 1. The Kier molecular flexibility index (Phi) is 6.90. The molecule has 45 heavy (non-hydrogen) atoms. The van der Waals surface area contributed by atoms with E-state index in [-0.39, 0.29) is 0 Å². The molecule has 0 atom stereocenters. The van der Waals surface area contributed by atoms with Crippen LogP contribution >= 0.6 is 0 Å². The molecule has 0 saturated carbocycles. The quantitative estimate of drug-likeness (QED) is 0.209. The molecule has 0 aliphatic carbocycles. The monoisotopic (exact) mass is 573 g/mol. The molecule has 0 radical (unpaired) electrons. The summed E-state index contributed by atoms with van der Waals surface area (Å²) in [5.74, 6) is 0. The van der Waals surface area contributed by atoms with Crippen molar-refractivity contribution in [2.75, 3.05) is 5.32 Å². The minimum atomic E-state index is 1.11. The normalized spacial score (nSPS) is 11.1. The van der Waals surface area contributed by atoms with Crippen LogP contribution < -0.4 is 5.32 Å². The predicted octanol–water partition coefficient (Wildman–Crippen LogP) is 12.4. The Labute approximate surface area is 264 Å². The Morgan fingerprint density at radius 2 is 0.578 bits per heavy atom. The molecular formula is C44H31N. The van der Waals surface area contributed by atoms with Crippen LogP contribution in [0.15, 0.2) is 182 Å². The van der Waals surface area contributed by atoms with E-state index in [0.29, 0.717) is 0 Å². The first-order chi connectivity index (χ1) is 22.3. The van der Waals surface area contributed by atoms with E-state index in [1.165, 1.54) is 66.1 Å². The molecule has 0 amide bonds. The molecular weight excluding hydrogens is 542 g/mol. The minimum Gasteiger partial charge on any atom is -0.353 e. The van der Waals surface area contributed by atoms with E-state index in [0.717, 1.165) is 11.4 Å². The van der Waals surface area contributed by atoms with Gasteiger partial charge in [-0.1, -0.05) is 182 Å². The first kappa shape index (κ1) is 26.7. The fourth-order valence-corrected chi connectivity index (χ4v) is 6.36. The average Bonchev–Trinajstić information content (AvgIpc) is 3.13. The summed E-state index contributed by atoms with van der Waals surface area (Å²) in [5.41, 5.74) is 11.8. The summed E-state index contributed by atoms with van der Waals surface area (Å²) in [6.07, 6.45) is 0. The van der Waals surface area contributed by atoms with Crippen LogP contribution in [0, 0.1) is 0 Å². The number of rotatable bonds is 6. The fraction of sp³-hybridized carbons (Fsp3) is 0. The van der Waals surface area contributed by atoms with E-state index < -0.39 is 0 Å². The summed E-state index contributed by atoms with van der Waals surface area (Å²) in [6, 6.07) is 65.2. The molecule has 0 aliphatic heterocycles. The van der Waals surface area contributed by atoms with Crippen molar-refractivity contribution in [3.8, 4) is 44.5 Å². The topological polar surface area (TPSA) is 12.0 Å². The first-order valence-electron chi connectivity index (χ1n) is 15.4. The molecule has 0 aromatic heterocycles. The zero-order chi connectivity index (χ0) is 30.0. The van der Waals surface area contributed by atoms with Crippen molar-refractivity contribution < 1.29 is 0 Å². The van der Waals surface area contributed by atoms with E-state index in [4.69, 9.17) is 0 Å². The molecule has 0 fully saturated rings. The van der Waals surface area contributed by atoms with Crippen LogP contribution in [0.3, 0.4) is 0 Å². The standard InChI is InChI=1S/C44H31N/c1-3-11-31(12-4-1)33-19-23-37(24-20-33)41-29-27-35-15-7-9-17-39(35)43(41)45-44-40-18-10-8-16-36(40)28-30-42(44)38-25-21-34(22-26-38)32-13-5-2-6-14-32/h1-30,45H. The summed E-state index contributed by atoms with van der Waals surface area (Å²) in [7, 11) is 0. The van der Waals surface area contributed by atoms with Gasteiger partial charge in [0.25, 0.3) is 0 Å². The second kappa shape index (κ2) is 11.6. The van der Waals surface area contributed by atoms with Gasteiger partial charge in [0.2, 0.25) is 0 Å². The van der Waals surface area contributed by atoms with E-state index in [2.05, 4.69) is 187 Å². The van der Waals surface area contributed by atoms with Gasteiger partial charge in [-0.15, -0.1) is 0 Å². The van der Waals surface area contributed by atoms with Crippen LogP contribution in [0.5, 0.6) is 0 Å². The van der Waals surface area contributed by atoms with Crippen molar-refractivity contribution in [2.24, 2.45) is 0 Å². The van der Waals surface area contributed by atoms with Gasteiger partial charge in [-0.05, 0) is 44.2 Å². The van der Waals surface area contributed by atoms with Gasteiger partial charge in [-0.2, -0.15) is 0 Å². The third-order valence-electron chi connectivity index (χ3n) is 8.71. The highest BCUT2D eigenvalue weighted by Crippen LogP contribution is 2.43. The highest BCUT2D eigenvalue weighted by atomic mass is 14.9. The number of hydrogen-bond donors (Lipinski definition) is 1. The molecule has 0 spiro atoms. The van der Waals surface area contributed by atoms with Gasteiger partial charge in [0.05, 0.1) is 11.4 Å². The summed E-state index contributed by atoms with van der Waals surface area (Å²) in [6.45, 7) is 0.